The summed E-state index contributed by atoms with van der Waals surface area (Å²) < 4.78 is 17.7. The average molecular weight is 245 g/mol. The van der Waals surface area contributed by atoms with Crippen LogP contribution in [0.4, 0.5) is 4.39 Å². The van der Waals surface area contributed by atoms with Gasteiger partial charge in [0.05, 0.1) is 12.0 Å². The molecule has 0 aromatic heterocycles. The largest absolute Gasteiger partial charge is 0.466 e. The molecule has 0 bridgehead atoms. The SMILES string of the molecule is CCOC(=O)CCC(Cl)c1cccc(F)c1. The highest BCUT2D eigenvalue weighted by Crippen LogP contribution is 2.26. The smallest absolute Gasteiger partial charge is 0.305 e. The molecule has 0 radical (unpaired) electrons. The van der Waals surface area contributed by atoms with Gasteiger partial charge in [-0.2, -0.15) is 0 Å². The Bertz CT molecular complexity index is 355. The van der Waals surface area contributed by atoms with E-state index in [9.17, 15) is 9.18 Å². The van der Waals surface area contributed by atoms with Gasteiger partial charge in [-0.3, -0.25) is 4.79 Å². The van der Waals surface area contributed by atoms with Gasteiger partial charge in [-0.05, 0) is 31.0 Å². The zero-order valence-corrected chi connectivity index (χ0v) is 9.84. The molecule has 0 amide bonds. The van der Waals surface area contributed by atoms with Crippen LogP contribution in [-0.2, 0) is 9.53 Å². The zero-order chi connectivity index (χ0) is 12.0. The molecule has 0 heterocycles. The Hall–Kier alpha value is -1.09. The molecule has 1 aromatic carbocycles. The minimum absolute atomic E-state index is 0.249. The van der Waals surface area contributed by atoms with Gasteiger partial charge in [-0.25, -0.2) is 4.39 Å². The zero-order valence-electron chi connectivity index (χ0n) is 9.08. The van der Waals surface area contributed by atoms with Gasteiger partial charge in [0.25, 0.3) is 0 Å². The van der Waals surface area contributed by atoms with E-state index in [0.29, 0.717) is 18.6 Å². The van der Waals surface area contributed by atoms with Crippen LogP contribution in [0, 0.1) is 5.82 Å². The van der Waals surface area contributed by atoms with Crippen molar-refractivity contribution >= 4 is 17.6 Å². The number of esters is 1. The van der Waals surface area contributed by atoms with E-state index in [2.05, 4.69) is 0 Å². The van der Waals surface area contributed by atoms with Crippen molar-refractivity contribution in [1.29, 1.82) is 0 Å². The first-order valence-electron chi connectivity index (χ1n) is 5.18. The number of benzene rings is 1. The van der Waals surface area contributed by atoms with Crippen LogP contribution in [-0.4, -0.2) is 12.6 Å². The number of ether oxygens (including phenoxy) is 1. The number of carbonyl (C=O) groups excluding carboxylic acids is 1. The summed E-state index contributed by atoms with van der Waals surface area (Å²) in [5.74, 6) is -0.594. The van der Waals surface area contributed by atoms with Gasteiger partial charge in [-0.15, -0.1) is 11.6 Å². The van der Waals surface area contributed by atoms with Crippen LogP contribution in [0.15, 0.2) is 24.3 Å². The molecule has 0 aliphatic heterocycles. The van der Waals surface area contributed by atoms with Gasteiger partial charge in [0, 0.05) is 6.42 Å². The molecule has 0 N–H and O–H groups in total. The predicted molar refractivity (Wildman–Crippen MR) is 60.9 cm³/mol. The van der Waals surface area contributed by atoms with Gasteiger partial charge in [-0.1, -0.05) is 12.1 Å². The molecular weight excluding hydrogens is 231 g/mol. The van der Waals surface area contributed by atoms with Gasteiger partial charge in [0.2, 0.25) is 0 Å². The second-order valence-electron chi connectivity index (χ2n) is 3.37. The average Bonchev–Trinajstić information content (AvgIpc) is 2.26. The van der Waals surface area contributed by atoms with Crippen molar-refractivity contribution in [2.45, 2.75) is 25.1 Å². The molecule has 1 aromatic rings. The molecule has 1 unspecified atom stereocenters. The van der Waals surface area contributed by atoms with Crippen LogP contribution in [0.25, 0.3) is 0 Å². The third-order valence-corrected chi connectivity index (χ3v) is 2.59. The quantitative estimate of drug-likeness (QED) is 0.586. The normalized spacial score (nSPS) is 12.2. The molecule has 1 rings (SSSR count). The van der Waals surface area contributed by atoms with Crippen molar-refractivity contribution in [3.8, 4) is 0 Å². The van der Waals surface area contributed by atoms with Crippen LogP contribution >= 0.6 is 11.6 Å². The Labute approximate surface area is 99.4 Å². The topological polar surface area (TPSA) is 26.3 Å². The number of hydrogen-bond donors (Lipinski definition) is 0. The number of hydrogen-bond acceptors (Lipinski definition) is 2. The molecule has 0 spiro atoms. The van der Waals surface area contributed by atoms with Crippen molar-refractivity contribution in [3.05, 3.63) is 35.6 Å². The number of halogens is 2. The molecule has 4 heteroatoms. The molecule has 0 aliphatic carbocycles. The third-order valence-electron chi connectivity index (χ3n) is 2.12. The summed E-state index contributed by atoms with van der Waals surface area (Å²) >= 11 is 6.05. The number of alkyl halides is 1. The van der Waals surface area contributed by atoms with Gasteiger partial charge < -0.3 is 4.74 Å². The first-order valence-corrected chi connectivity index (χ1v) is 5.62. The standard InChI is InChI=1S/C12H14ClFO2/c1-2-16-12(15)7-6-11(13)9-4-3-5-10(14)8-9/h3-5,8,11H,2,6-7H2,1H3. The molecule has 16 heavy (non-hydrogen) atoms. The summed E-state index contributed by atoms with van der Waals surface area (Å²) in [5.41, 5.74) is 0.686. The monoisotopic (exact) mass is 244 g/mol. The minimum Gasteiger partial charge on any atom is -0.466 e. The maximum absolute atomic E-state index is 12.9. The summed E-state index contributed by atoms with van der Waals surface area (Å²) in [6.45, 7) is 2.12. The van der Waals surface area contributed by atoms with Crippen LogP contribution in [0.2, 0.25) is 0 Å². The first-order chi connectivity index (χ1) is 7.63. The van der Waals surface area contributed by atoms with Crippen LogP contribution in [0.5, 0.6) is 0 Å². The lowest BCUT2D eigenvalue weighted by molar-refractivity contribution is -0.143. The van der Waals surface area contributed by atoms with E-state index >= 15 is 0 Å². The fourth-order valence-electron chi connectivity index (χ4n) is 1.35. The van der Waals surface area contributed by atoms with Crippen LogP contribution in [0.3, 0.4) is 0 Å². The van der Waals surface area contributed by atoms with E-state index in [0.717, 1.165) is 0 Å². The molecule has 88 valence electrons. The maximum atomic E-state index is 12.9. The Morgan fingerprint density at radius 1 is 1.56 bits per heavy atom. The summed E-state index contributed by atoms with van der Waals surface area (Å²) in [5, 5.41) is -0.361. The second-order valence-corrected chi connectivity index (χ2v) is 3.89. The van der Waals surface area contributed by atoms with Crippen molar-refractivity contribution in [1.82, 2.24) is 0 Å². The van der Waals surface area contributed by atoms with E-state index in [4.69, 9.17) is 16.3 Å². The van der Waals surface area contributed by atoms with Crippen LogP contribution in [0.1, 0.15) is 30.7 Å². The number of rotatable bonds is 5. The lowest BCUT2D eigenvalue weighted by atomic mass is 10.1. The van der Waals surface area contributed by atoms with E-state index in [1.807, 2.05) is 0 Å². The summed E-state index contributed by atoms with van der Waals surface area (Å²) in [6.07, 6.45) is 0.697. The van der Waals surface area contributed by atoms with Gasteiger partial charge >= 0.3 is 5.97 Å². The molecule has 0 fully saturated rings. The van der Waals surface area contributed by atoms with Crippen molar-refractivity contribution in [3.63, 3.8) is 0 Å². The Kier molecular flexibility index (Phi) is 5.26. The van der Waals surface area contributed by atoms with Crippen molar-refractivity contribution < 1.29 is 13.9 Å². The second kappa shape index (κ2) is 6.48. The Morgan fingerprint density at radius 2 is 2.31 bits per heavy atom. The van der Waals surface area contributed by atoms with E-state index in [1.165, 1.54) is 12.1 Å². The molecule has 0 saturated heterocycles. The summed E-state index contributed by atoms with van der Waals surface area (Å²) in [4.78, 5) is 11.1. The highest BCUT2D eigenvalue weighted by molar-refractivity contribution is 6.20. The molecule has 2 nitrogen and oxygen atoms in total. The highest BCUT2D eigenvalue weighted by atomic mass is 35.5. The van der Waals surface area contributed by atoms with E-state index in [-0.39, 0.29) is 23.6 Å². The van der Waals surface area contributed by atoms with E-state index in [1.54, 1.807) is 19.1 Å². The molecule has 1 atom stereocenters. The minimum atomic E-state index is -0.361. The third kappa shape index (κ3) is 4.19. The molecular formula is C12H14ClFO2. The van der Waals surface area contributed by atoms with Crippen molar-refractivity contribution in [2.75, 3.05) is 6.61 Å². The van der Waals surface area contributed by atoms with Crippen molar-refractivity contribution in [2.24, 2.45) is 0 Å². The molecule has 0 aliphatic rings. The van der Waals surface area contributed by atoms with E-state index < -0.39 is 0 Å². The lowest BCUT2D eigenvalue weighted by Gasteiger charge is -2.09. The number of carbonyl (C=O) groups is 1. The fourth-order valence-corrected chi connectivity index (χ4v) is 1.59. The Morgan fingerprint density at radius 3 is 2.94 bits per heavy atom. The highest BCUT2D eigenvalue weighted by Gasteiger charge is 2.11. The summed E-state index contributed by atoms with van der Waals surface area (Å²) in [7, 11) is 0. The predicted octanol–water partition coefficient (Wildman–Crippen LogP) is 3.45. The van der Waals surface area contributed by atoms with Crippen LogP contribution < -0.4 is 0 Å². The summed E-state index contributed by atoms with van der Waals surface area (Å²) in [6, 6.07) is 6.08. The Balaban J connectivity index is 2.46. The van der Waals surface area contributed by atoms with Gasteiger partial charge in [0.1, 0.15) is 5.82 Å². The lowest BCUT2D eigenvalue weighted by Crippen LogP contribution is -2.05. The maximum Gasteiger partial charge on any atom is 0.305 e. The first kappa shape index (κ1) is 13.0. The van der Waals surface area contributed by atoms with Gasteiger partial charge in [0.15, 0.2) is 0 Å². The fraction of sp³-hybridized carbons (Fsp3) is 0.417. The molecule has 0 saturated carbocycles.